The standard InChI is InChI=1S/C54H34N4/c1-3-13-37(14-4-1)52-56-53(38-15-5-2-6-16-38)58-54(57-52)43-30-41(35-23-25-36(26-24-35)51-34-55-33-40-17-7-8-18-44(40)51)29-42(31-43)39-27-28-49-47-21-10-9-19-45(47)46-20-11-12-22-48(46)50(49)32-39/h1-34H. The lowest BCUT2D eigenvalue weighted by Crippen LogP contribution is -2.00. The molecule has 0 saturated carbocycles. The predicted octanol–water partition coefficient (Wildman–Crippen LogP) is 13.9. The Morgan fingerprint density at radius 2 is 0.672 bits per heavy atom. The second-order valence-electron chi connectivity index (χ2n) is 14.7. The molecule has 0 aliphatic heterocycles. The molecule has 0 aliphatic rings. The highest BCUT2D eigenvalue weighted by atomic mass is 15.0. The van der Waals surface area contributed by atoms with Crippen molar-refractivity contribution in [2.75, 3.05) is 0 Å². The van der Waals surface area contributed by atoms with Crippen LogP contribution in [0.5, 0.6) is 0 Å². The second kappa shape index (κ2) is 14.0. The summed E-state index contributed by atoms with van der Waals surface area (Å²) in [6.45, 7) is 0. The van der Waals surface area contributed by atoms with Crippen LogP contribution in [0.25, 0.3) is 111 Å². The molecule has 0 saturated heterocycles. The van der Waals surface area contributed by atoms with Gasteiger partial charge in [-0.1, -0.05) is 170 Å². The molecule has 2 aromatic heterocycles. The van der Waals surface area contributed by atoms with E-state index in [-0.39, 0.29) is 0 Å². The van der Waals surface area contributed by atoms with Crippen LogP contribution >= 0.6 is 0 Å². The van der Waals surface area contributed by atoms with Crippen molar-refractivity contribution in [1.82, 2.24) is 19.9 Å². The quantitative estimate of drug-likeness (QED) is 0.159. The van der Waals surface area contributed by atoms with Gasteiger partial charge in [0.25, 0.3) is 0 Å². The van der Waals surface area contributed by atoms with Crippen LogP contribution in [0.2, 0.25) is 0 Å². The summed E-state index contributed by atoms with van der Waals surface area (Å²) in [5, 5.41) is 9.80. The van der Waals surface area contributed by atoms with Gasteiger partial charge in [-0.25, -0.2) is 15.0 Å². The largest absolute Gasteiger partial charge is 0.263 e. The van der Waals surface area contributed by atoms with E-state index in [2.05, 4.69) is 138 Å². The van der Waals surface area contributed by atoms with E-state index in [4.69, 9.17) is 15.0 Å². The smallest absolute Gasteiger partial charge is 0.164 e. The average molecular weight is 739 g/mol. The van der Waals surface area contributed by atoms with E-state index >= 15 is 0 Å². The van der Waals surface area contributed by atoms with E-state index in [0.717, 1.165) is 55.5 Å². The highest BCUT2D eigenvalue weighted by Gasteiger charge is 2.16. The van der Waals surface area contributed by atoms with Gasteiger partial charge in [-0.15, -0.1) is 0 Å². The molecule has 2 heterocycles. The Bertz CT molecular complexity index is 3220. The molecule has 11 rings (SSSR count). The number of pyridine rings is 1. The molecular formula is C54H34N4. The molecule has 0 aliphatic carbocycles. The van der Waals surface area contributed by atoms with Crippen molar-refractivity contribution >= 4 is 43.1 Å². The first-order chi connectivity index (χ1) is 28.7. The van der Waals surface area contributed by atoms with E-state index in [1.807, 2.05) is 73.1 Å². The van der Waals surface area contributed by atoms with Crippen LogP contribution < -0.4 is 0 Å². The van der Waals surface area contributed by atoms with E-state index in [1.54, 1.807) is 0 Å². The lowest BCUT2D eigenvalue weighted by atomic mass is 9.90. The number of fused-ring (bicyclic) bond motifs is 7. The fourth-order valence-electron chi connectivity index (χ4n) is 8.30. The Kier molecular flexibility index (Phi) is 8.11. The van der Waals surface area contributed by atoms with Gasteiger partial charge in [0.15, 0.2) is 17.5 Å². The summed E-state index contributed by atoms with van der Waals surface area (Å²) in [5.41, 5.74) is 9.39. The lowest BCUT2D eigenvalue weighted by molar-refractivity contribution is 1.07. The highest BCUT2D eigenvalue weighted by molar-refractivity contribution is 6.25. The van der Waals surface area contributed by atoms with Gasteiger partial charge in [0, 0.05) is 40.0 Å². The number of benzene rings is 9. The maximum atomic E-state index is 5.15. The minimum Gasteiger partial charge on any atom is -0.263 e. The minimum atomic E-state index is 0.617. The van der Waals surface area contributed by atoms with Gasteiger partial charge in [-0.05, 0) is 89.8 Å². The topological polar surface area (TPSA) is 51.6 Å². The van der Waals surface area contributed by atoms with Crippen LogP contribution in [0.4, 0.5) is 0 Å². The maximum Gasteiger partial charge on any atom is 0.164 e. The van der Waals surface area contributed by atoms with Crippen molar-refractivity contribution in [2.45, 2.75) is 0 Å². The molecular weight excluding hydrogens is 705 g/mol. The van der Waals surface area contributed by atoms with Crippen LogP contribution in [0.15, 0.2) is 207 Å². The normalized spacial score (nSPS) is 11.4. The summed E-state index contributed by atoms with van der Waals surface area (Å²) in [7, 11) is 0. The number of hydrogen-bond acceptors (Lipinski definition) is 4. The molecule has 58 heavy (non-hydrogen) atoms. The zero-order chi connectivity index (χ0) is 38.4. The van der Waals surface area contributed by atoms with Gasteiger partial charge in [0.2, 0.25) is 0 Å². The van der Waals surface area contributed by atoms with Gasteiger partial charge in [0.05, 0.1) is 0 Å². The SMILES string of the molecule is c1ccc(-c2nc(-c3ccccc3)nc(-c3cc(-c4ccc(-c5cncc6ccccc56)cc4)cc(-c4ccc5c6ccccc6c6ccccc6c5c4)c3)n2)cc1. The molecule has 0 radical (unpaired) electrons. The number of rotatable bonds is 6. The minimum absolute atomic E-state index is 0.617. The fraction of sp³-hybridized carbons (Fsp3) is 0. The van der Waals surface area contributed by atoms with Gasteiger partial charge in [-0.2, -0.15) is 0 Å². The lowest BCUT2D eigenvalue weighted by Gasteiger charge is -2.15. The first-order valence-corrected chi connectivity index (χ1v) is 19.5. The van der Waals surface area contributed by atoms with Crippen molar-refractivity contribution < 1.29 is 0 Å². The van der Waals surface area contributed by atoms with Gasteiger partial charge in [0.1, 0.15) is 0 Å². The molecule has 4 nitrogen and oxygen atoms in total. The monoisotopic (exact) mass is 738 g/mol. The predicted molar refractivity (Wildman–Crippen MR) is 240 cm³/mol. The van der Waals surface area contributed by atoms with E-state index in [1.165, 1.54) is 37.7 Å². The molecule has 0 amide bonds. The number of aromatic nitrogens is 4. The Balaban J connectivity index is 1.12. The van der Waals surface area contributed by atoms with Crippen LogP contribution in [0.1, 0.15) is 0 Å². The first kappa shape index (κ1) is 33.5. The summed E-state index contributed by atoms with van der Waals surface area (Å²) in [4.78, 5) is 19.8. The van der Waals surface area contributed by atoms with Crippen LogP contribution in [-0.2, 0) is 0 Å². The molecule has 0 unspecified atom stereocenters. The Morgan fingerprint density at radius 1 is 0.241 bits per heavy atom. The molecule has 11 aromatic rings. The molecule has 4 heteroatoms. The molecule has 0 spiro atoms. The zero-order valence-electron chi connectivity index (χ0n) is 31.4. The fourth-order valence-corrected chi connectivity index (χ4v) is 8.30. The zero-order valence-corrected chi connectivity index (χ0v) is 31.4. The Morgan fingerprint density at radius 3 is 1.28 bits per heavy atom. The molecule has 0 fully saturated rings. The van der Waals surface area contributed by atoms with Gasteiger partial charge >= 0.3 is 0 Å². The van der Waals surface area contributed by atoms with Crippen LogP contribution in [0, 0.1) is 0 Å². The van der Waals surface area contributed by atoms with Crippen molar-refractivity contribution in [1.29, 1.82) is 0 Å². The maximum absolute atomic E-state index is 5.15. The number of hydrogen-bond donors (Lipinski definition) is 0. The number of nitrogens with zero attached hydrogens (tertiary/aromatic N) is 4. The molecule has 0 N–H and O–H groups in total. The first-order valence-electron chi connectivity index (χ1n) is 19.5. The van der Waals surface area contributed by atoms with Crippen molar-refractivity contribution in [2.24, 2.45) is 0 Å². The van der Waals surface area contributed by atoms with Crippen LogP contribution in [0.3, 0.4) is 0 Å². The molecule has 0 atom stereocenters. The van der Waals surface area contributed by atoms with Gasteiger partial charge < -0.3 is 0 Å². The van der Waals surface area contributed by atoms with E-state index in [9.17, 15) is 0 Å². The van der Waals surface area contributed by atoms with Crippen LogP contribution in [-0.4, -0.2) is 19.9 Å². The third-order valence-electron chi connectivity index (χ3n) is 11.2. The summed E-state index contributed by atoms with van der Waals surface area (Å²) < 4.78 is 0. The summed E-state index contributed by atoms with van der Waals surface area (Å²) in [6, 6.07) is 68.6. The highest BCUT2D eigenvalue weighted by Crippen LogP contribution is 2.40. The molecule has 0 bridgehead atoms. The average Bonchev–Trinajstić information content (AvgIpc) is 3.31. The summed E-state index contributed by atoms with van der Waals surface area (Å²) in [6.07, 6.45) is 3.88. The van der Waals surface area contributed by atoms with E-state index < -0.39 is 0 Å². The Labute approximate surface area is 335 Å². The van der Waals surface area contributed by atoms with Gasteiger partial charge in [-0.3, -0.25) is 4.98 Å². The Hall–Kier alpha value is -7.82. The molecule has 270 valence electrons. The van der Waals surface area contributed by atoms with Crippen molar-refractivity contribution in [3.8, 4) is 67.5 Å². The third kappa shape index (κ3) is 5.96. The molecule has 9 aromatic carbocycles. The summed E-state index contributed by atoms with van der Waals surface area (Å²) in [5.74, 6) is 1.88. The van der Waals surface area contributed by atoms with E-state index in [0.29, 0.717) is 17.5 Å². The third-order valence-corrected chi connectivity index (χ3v) is 11.2. The van der Waals surface area contributed by atoms with Crippen molar-refractivity contribution in [3.05, 3.63) is 207 Å². The van der Waals surface area contributed by atoms with Crippen molar-refractivity contribution in [3.63, 3.8) is 0 Å². The summed E-state index contributed by atoms with van der Waals surface area (Å²) >= 11 is 0. The second-order valence-corrected chi connectivity index (χ2v) is 14.7.